The summed E-state index contributed by atoms with van der Waals surface area (Å²) in [7, 11) is 0. The maximum absolute atomic E-state index is 10.2. The van der Waals surface area contributed by atoms with Crippen molar-refractivity contribution in [1.82, 2.24) is 0 Å². The molecule has 0 aliphatic carbocycles. The van der Waals surface area contributed by atoms with Crippen molar-refractivity contribution < 1.29 is 15.0 Å². The smallest absolute Gasteiger partial charge is 0.246 e. The lowest BCUT2D eigenvalue weighted by Gasteiger charge is -1.93. The molecule has 4 nitrogen and oxygen atoms in total. The van der Waals surface area contributed by atoms with Gasteiger partial charge in [-0.2, -0.15) is 0 Å². The van der Waals surface area contributed by atoms with E-state index in [0.717, 1.165) is 0 Å². The van der Waals surface area contributed by atoms with Gasteiger partial charge in [0.25, 0.3) is 0 Å². The zero-order valence-electron chi connectivity index (χ0n) is 4.87. The molecule has 0 aromatic rings. The third-order valence-electron chi connectivity index (χ3n) is 0.825. The molecular weight excluding hydrogens is 122 g/mol. The van der Waals surface area contributed by atoms with Crippen LogP contribution in [-0.4, -0.2) is 29.3 Å². The standard InChI is InChI=1S/C5H9NO3/c6-5(9)4(3-8)1-2-7/h1,7-8H,2-3H2,(H2,6,9). The van der Waals surface area contributed by atoms with Gasteiger partial charge in [-0.3, -0.25) is 4.79 Å². The van der Waals surface area contributed by atoms with Gasteiger partial charge in [0.2, 0.25) is 5.91 Å². The first-order valence-electron chi connectivity index (χ1n) is 2.43. The van der Waals surface area contributed by atoms with E-state index in [1.54, 1.807) is 0 Å². The molecule has 0 unspecified atom stereocenters. The number of primary amides is 1. The third-order valence-corrected chi connectivity index (χ3v) is 0.825. The minimum atomic E-state index is -0.702. The van der Waals surface area contributed by atoms with Crippen LogP contribution in [0.3, 0.4) is 0 Å². The van der Waals surface area contributed by atoms with E-state index >= 15 is 0 Å². The van der Waals surface area contributed by atoms with Crippen molar-refractivity contribution >= 4 is 5.91 Å². The van der Waals surface area contributed by atoms with E-state index in [9.17, 15) is 4.79 Å². The summed E-state index contributed by atoms with van der Waals surface area (Å²) < 4.78 is 0. The molecule has 0 radical (unpaired) electrons. The van der Waals surface area contributed by atoms with E-state index in [-0.39, 0.29) is 12.2 Å². The number of amides is 1. The highest BCUT2D eigenvalue weighted by molar-refractivity contribution is 5.92. The van der Waals surface area contributed by atoms with E-state index in [1.807, 2.05) is 0 Å². The second-order valence-electron chi connectivity index (χ2n) is 1.43. The fraction of sp³-hybridized carbons (Fsp3) is 0.400. The number of hydrogen-bond acceptors (Lipinski definition) is 3. The predicted octanol–water partition coefficient (Wildman–Crippen LogP) is -1.62. The molecule has 4 heteroatoms. The summed E-state index contributed by atoms with van der Waals surface area (Å²) in [4.78, 5) is 10.2. The molecule has 0 spiro atoms. The lowest BCUT2D eigenvalue weighted by molar-refractivity contribution is -0.115. The molecule has 0 saturated heterocycles. The van der Waals surface area contributed by atoms with Crippen molar-refractivity contribution in [2.24, 2.45) is 5.73 Å². The van der Waals surface area contributed by atoms with Gasteiger partial charge in [0, 0.05) is 5.57 Å². The molecule has 0 aliphatic heterocycles. The van der Waals surface area contributed by atoms with Crippen molar-refractivity contribution in [3.8, 4) is 0 Å². The van der Waals surface area contributed by atoms with Crippen molar-refractivity contribution in [3.05, 3.63) is 11.6 Å². The van der Waals surface area contributed by atoms with Crippen LogP contribution in [0.25, 0.3) is 0 Å². The SMILES string of the molecule is NC(=O)C(=CCO)CO. The van der Waals surface area contributed by atoms with Crippen LogP contribution in [0, 0.1) is 0 Å². The van der Waals surface area contributed by atoms with Crippen molar-refractivity contribution in [1.29, 1.82) is 0 Å². The predicted molar refractivity (Wildman–Crippen MR) is 31.4 cm³/mol. The van der Waals surface area contributed by atoms with Gasteiger partial charge in [-0.15, -0.1) is 0 Å². The maximum atomic E-state index is 10.2. The number of aliphatic hydroxyl groups is 2. The fourth-order valence-electron chi connectivity index (χ4n) is 0.353. The van der Waals surface area contributed by atoms with Crippen LogP contribution in [0.2, 0.25) is 0 Å². The summed E-state index contributed by atoms with van der Waals surface area (Å²) in [5.41, 5.74) is 4.79. The number of carbonyl (C=O) groups excluding carboxylic acids is 1. The minimum Gasteiger partial charge on any atom is -0.392 e. The van der Waals surface area contributed by atoms with Crippen LogP contribution >= 0.6 is 0 Å². The molecule has 52 valence electrons. The Labute approximate surface area is 52.6 Å². The maximum Gasteiger partial charge on any atom is 0.246 e. The first kappa shape index (κ1) is 8.13. The lowest BCUT2D eigenvalue weighted by Crippen LogP contribution is -2.16. The number of aliphatic hydroxyl groups excluding tert-OH is 2. The summed E-state index contributed by atoms with van der Waals surface area (Å²) in [6, 6.07) is 0. The number of carbonyl (C=O) groups is 1. The average Bonchev–Trinajstić information content (AvgIpc) is 1.82. The first-order valence-corrected chi connectivity index (χ1v) is 2.43. The van der Waals surface area contributed by atoms with Gasteiger partial charge in [0.1, 0.15) is 0 Å². The van der Waals surface area contributed by atoms with E-state index in [1.165, 1.54) is 6.08 Å². The molecule has 0 aliphatic rings. The van der Waals surface area contributed by atoms with E-state index in [0.29, 0.717) is 0 Å². The molecular formula is C5H9NO3. The second kappa shape index (κ2) is 4.05. The van der Waals surface area contributed by atoms with Crippen molar-refractivity contribution in [3.63, 3.8) is 0 Å². The van der Waals surface area contributed by atoms with Crippen molar-refractivity contribution in [2.45, 2.75) is 0 Å². The molecule has 1 amide bonds. The van der Waals surface area contributed by atoms with E-state index < -0.39 is 12.5 Å². The molecule has 0 aromatic carbocycles. The normalized spacial score (nSPS) is 11.6. The highest BCUT2D eigenvalue weighted by Crippen LogP contribution is 1.88. The summed E-state index contributed by atoms with van der Waals surface area (Å²) >= 11 is 0. The molecule has 0 saturated carbocycles. The lowest BCUT2D eigenvalue weighted by atomic mass is 10.2. The van der Waals surface area contributed by atoms with Gasteiger partial charge >= 0.3 is 0 Å². The van der Waals surface area contributed by atoms with Gasteiger partial charge in [-0.05, 0) is 6.08 Å². The van der Waals surface area contributed by atoms with Gasteiger partial charge in [0.15, 0.2) is 0 Å². The molecule has 0 fully saturated rings. The highest BCUT2D eigenvalue weighted by Gasteiger charge is 1.99. The zero-order valence-corrected chi connectivity index (χ0v) is 4.87. The molecule has 0 heterocycles. The largest absolute Gasteiger partial charge is 0.392 e. The molecule has 9 heavy (non-hydrogen) atoms. The fourth-order valence-corrected chi connectivity index (χ4v) is 0.353. The summed E-state index contributed by atoms with van der Waals surface area (Å²) in [6.07, 6.45) is 1.17. The third kappa shape index (κ3) is 2.84. The Morgan fingerprint density at radius 3 is 2.22 bits per heavy atom. The Hall–Kier alpha value is -0.870. The van der Waals surface area contributed by atoms with Crippen molar-refractivity contribution in [2.75, 3.05) is 13.2 Å². The Kier molecular flexibility index (Phi) is 3.66. The topological polar surface area (TPSA) is 83.6 Å². The van der Waals surface area contributed by atoms with E-state index in [4.69, 9.17) is 15.9 Å². The van der Waals surface area contributed by atoms with Crippen LogP contribution in [0.4, 0.5) is 0 Å². The summed E-state index contributed by atoms with van der Waals surface area (Å²) in [6.45, 7) is -0.700. The molecule has 0 bridgehead atoms. The minimum absolute atomic E-state index is 0.0394. The number of rotatable bonds is 3. The monoisotopic (exact) mass is 131 g/mol. The number of hydrogen-bond donors (Lipinski definition) is 3. The van der Waals surface area contributed by atoms with E-state index in [2.05, 4.69) is 0 Å². The summed E-state index contributed by atoms with van der Waals surface area (Å²) in [5, 5.41) is 16.6. The number of nitrogens with two attached hydrogens (primary N) is 1. The van der Waals surface area contributed by atoms with Crippen LogP contribution in [0.1, 0.15) is 0 Å². The van der Waals surface area contributed by atoms with Gasteiger partial charge in [0.05, 0.1) is 13.2 Å². The first-order chi connectivity index (χ1) is 4.22. The van der Waals surface area contributed by atoms with Gasteiger partial charge < -0.3 is 15.9 Å². The summed E-state index contributed by atoms with van der Waals surface area (Å²) in [5.74, 6) is -0.702. The van der Waals surface area contributed by atoms with Crippen LogP contribution in [0.15, 0.2) is 11.6 Å². The molecule has 0 aromatic heterocycles. The Morgan fingerprint density at radius 2 is 2.11 bits per heavy atom. The van der Waals surface area contributed by atoms with Gasteiger partial charge in [-0.1, -0.05) is 0 Å². The van der Waals surface area contributed by atoms with Crippen LogP contribution in [-0.2, 0) is 4.79 Å². The zero-order chi connectivity index (χ0) is 7.28. The Bertz CT molecular complexity index is 130. The molecule has 0 rings (SSSR count). The second-order valence-corrected chi connectivity index (χ2v) is 1.43. The van der Waals surface area contributed by atoms with Crippen LogP contribution < -0.4 is 5.73 Å². The molecule has 4 N–H and O–H groups in total. The highest BCUT2D eigenvalue weighted by atomic mass is 16.3. The Morgan fingerprint density at radius 1 is 1.56 bits per heavy atom. The Balaban J connectivity index is 3.98. The van der Waals surface area contributed by atoms with Gasteiger partial charge in [-0.25, -0.2) is 0 Å². The van der Waals surface area contributed by atoms with Crippen LogP contribution in [0.5, 0.6) is 0 Å². The quantitative estimate of drug-likeness (QED) is 0.402. The molecule has 0 atom stereocenters. The average molecular weight is 131 g/mol.